The summed E-state index contributed by atoms with van der Waals surface area (Å²) in [5.41, 5.74) is 0.292. The number of hydrogen-bond acceptors (Lipinski definition) is 9. The number of nitrogens with zero attached hydrogens (tertiary/aromatic N) is 2. The molecule has 1 fully saturated rings. The predicted molar refractivity (Wildman–Crippen MR) is 206 cm³/mol. The fourth-order valence-corrected chi connectivity index (χ4v) is 9.49. The summed E-state index contributed by atoms with van der Waals surface area (Å²) in [6.45, 7) is 12.4. The van der Waals surface area contributed by atoms with E-state index in [1.54, 1.807) is 6.92 Å². The average Bonchev–Trinajstić information content (AvgIpc) is 3.53. The minimum Gasteiger partial charge on any atom is -0.406 e. The van der Waals surface area contributed by atoms with Crippen molar-refractivity contribution in [2.45, 2.75) is 89.4 Å². The lowest BCUT2D eigenvalue weighted by Crippen LogP contribution is -2.59. The van der Waals surface area contributed by atoms with Gasteiger partial charge < -0.3 is 19.2 Å². The van der Waals surface area contributed by atoms with E-state index in [4.69, 9.17) is 18.1 Å². The van der Waals surface area contributed by atoms with Crippen LogP contribution in [-0.4, -0.2) is 50.3 Å². The molecular weight excluding hydrogens is 711 g/mol. The number of hydrogen-bond donors (Lipinski definition) is 1. The zero-order chi connectivity index (χ0) is 38.2. The van der Waals surface area contributed by atoms with Crippen molar-refractivity contribution in [2.75, 3.05) is 6.61 Å². The third kappa shape index (κ3) is 7.64. The van der Waals surface area contributed by atoms with Crippen LogP contribution in [0.1, 0.15) is 49.3 Å². The van der Waals surface area contributed by atoms with Crippen molar-refractivity contribution in [1.29, 1.82) is 0 Å². The second kappa shape index (κ2) is 15.0. The van der Waals surface area contributed by atoms with Gasteiger partial charge in [-0.25, -0.2) is 8.98 Å². The summed E-state index contributed by atoms with van der Waals surface area (Å²) < 4.78 is 58.4. The number of nitrogens with one attached hydrogen (secondary N) is 1. The van der Waals surface area contributed by atoms with Crippen molar-refractivity contribution in [2.24, 2.45) is 7.05 Å². The second-order valence-electron chi connectivity index (χ2n) is 15.3. The molecule has 3 heterocycles. The van der Waals surface area contributed by atoms with E-state index in [-0.39, 0.29) is 36.1 Å². The molecule has 3 aromatic carbocycles. The summed E-state index contributed by atoms with van der Waals surface area (Å²) in [4.78, 5) is 26.9. The van der Waals surface area contributed by atoms with Crippen LogP contribution in [0.25, 0.3) is 0 Å². The molecule has 1 spiro atoms. The molecule has 6 rings (SSSR count). The minimum absolute atomic E-state index is 0.0377. The van der Waals surface area contributed by atoms with E-state index in [1.807, 2.05) is 91.0 Å². The Morgan fingerprint density at radius 2 is 1.45 bits per heavy atom. The summed E-state index contributed by atoms with van der Waals surface area (Å²) in [7, 11) is -5.82. The van der Waals surface area contributed by atoms with Gasteiger partial charge in [-0.15, -0.1) is 0 Å². The highest BCUT2D eigenvalue weighted by molar-refractivity contribution is 7.91. The number of allylic oxidation sites excluding steroid dienone is 1. The highest BCUT2D eigenvalue weighted by Crippen LogP contribution is 2.54. The molecule has 53 heavy (non-hydrogen) atoms. The van der Waals surface area contributed by atoms with Crippen LogP contribution in [-0.2, 0) is 54.8 Å². The first kappa shape index (κ1) is 38.6. The van der Waals surface area contributed by atoms with Crippen LogP contribution in [0.4, 0.5) is 0 Å². The fourth-order valence-electron chi connectivity index (χ4n) is 6.64. The Morgan fingerprint density at radius 1 is 0.887 bits per heavy atom. The maximum atomic E-state index is 14.6. The Bertz CT molecular complexity index is 2180. The van der Waals surface area contributed by atoms with E-state index in [0.717, 1.165) is 21.3 Å². The van der Waals surface area contributed by atoms with Gasteiger partial charge in [-0.1, -0.05) is 112 Å². The van der Waals surface area contributed by atoms with Crippen molar-refractivity contribution in [3.05, 3.63) is 151 Å². The van der Waals surface area contributed by atoms with Gasteiger partial charge in [0.25, 0.3) is 15.7 Å². The molecule has 1 aromatic heterocycles. The highest BCUT2D eigenvalue weighted by atomic mass is 32.2. The van der Waals surface area contributed by atoms with Gasteiger partial charge in [-0.2, -0.15) is 8.42 Å². The summed E-state index contributed by atoms with van der Waals surface area (Å²) in [6, 6.07) is 28.6. The van der Waals surface area contributed by atoms with Crippen LogP contribution in [0.3, 0.4) is 0 Å². The molecule has 4 aromatic rings. The zero-order valence-corrected chi connectivity index (χ0v) is 33.2. The van der Waals surface area contributed by atoms with Gasteiger partial charge in [0.05, 0.1) is 23.8 Å². The predicted octanol–water partition coefficient (Wildman–Crippen LogP) is 5.70. The molecule has 11 nitrogen and oxygen atoms in total. The van der Waals surface area contributed by atoms with E-state index < -0.39 is 53.7 Å². The van der Waals surface area contributed by atoms with Crippen LogP contribution < -0.4 is 16.6 Å². The normalized spacial score (nSPS) is 22.8. The van der Waals surface area contributed by atoms with Crippen molar-refractivity contribution < 1.29 is 26.5 Å². The molecule has 4 atom stereocenters. The first-order valence-electron chi connectivity index (χ1n) is 17.8. The van der Waals surface area contributed by atoms with Gasteiger partial charge in [0.2, 0.25) is 0 Å². The third-order valence-electron chi connectivity index (χ3n) is 10.6. The Labute approximate surface area is 312 Å². The van der Waals surface area contributed by atoms with Gasteiger partial charge in [-0.05, 0) is 41.7 Å². The third-order valence-corrected chi connectivity index (χ3v) is 16.5. The molecular formula is C40H49N3O8SSi. The summed E-state index contributed by atoms with van der Waals surface area (Å²) >= 11 is 0. The van der Waals surface area contributed by atoms with Crippen LogP contribution >= 0.6 is 0 Å². The highest BCUT2D eigenvalue weighted by Gasteiger charge is 2.69. The number of aryl methyl sites for hydroxylation is 1. The first-order valence-corrected chi connectivity index (χ1v) is 22.1. The Balaban J connectivity index is 1.59. The standard InChI is InChI=1S/C40H49N3O8SSi/c1-28-25-43(38(45)42(5)36(28)44)37-35(50-53(6,7)39(2,3)4)40(33(49-37)27-48-26-31-21-15-10-16-22-31)34(41-24-30-19-13-9-14-20-30)32(52(46,47)51-40)23-29-17-11-8-12-18-29/h8-22,25,33,35,37,41H,23-24,26-27H2,1-7H3/t33-,35+,37-,40?/m1/s1. The molecule has 0 radical (unpaired) electrons. The topological polar surface area (TPSA) is 127 Å². The van der Waals surface area contributed by atoms with E-state index in [0.29, 0.717) is 11.3 Å². The molecule has 2 aliphatic rings. The molecule has 0 saturated carbocycles. The Morgan fingerprint density at radius 3 is 2.04 bits per heavy atom. The molecule has 282 valence electrons. The Hall–Kier alpha value is -4.11. The lowest BCUT2D eigenvalue weighted by Gasteiger charge is -2.44. The smallest absolute Gasteiger partial charge is 0.332 e. The average molecular weight is 760 g/mol. The molecule has 0 amide bonds. The lowest BCUT2D eigenvalue weighted by atomic mass is 9.87. The van der Waals surface area contributed by atoms with E-state index in [2.05, 4.69) is 39.2 Å². The zero-order valence-electron chi connectivity index (χ0n) is 31.4. The van der Waals surface area contributed by atoms with Crippen molar-refractivity contribution in [3.8, 4) is 0 Å². The molecule has 13 heteroatoms. The number of ether oxygens (including phenoxy) is 2. The lowest BCUT2D eigenvalue weighted by molar-refractivity contribution is -0.0791. The Kier molecular flexibility index (Phi) is 10.9. The van der Waals surface area contributed by atoms with Crippen LogP contribution in [0.5, 0.6) is 0 Å². The van der Waals surface area contributed by atoms with Crippen LogP contribution in [0, 0.1) is 6.92 Å². The summed E-state index contributed by atoms with van der Waals surface area (Å²) in [6.07, 6.45) is -1.97. The maximum Gasteiger partial charge on any atom is 0.332 e. The van der Waals surface area contributed by atoms with Crippen molar-refractivity contribution in [3.63, 3.8) is 0 Å². The molecule has 1 saturated heterocycles. The molecule has 1 N–H and O–H groups in total. The van der Waals surface area contributed by atoms with Crippen molar-refractivity contribution >= 4 is 18.4 Å². The molecule has 0 aliphatic carbocycles. The van der Waals surface area contributed by atoms with Gasteiger partial charge in [0, 0.05) is 31.8 Å². The molecule has 2 aliphatic heterocycles. The molecule has 0 bridgehead atoms. The monoisotopic (exact) mass is 759 g/mol. The number of aromatic nitrogens is 2. The van der Waals surface area contributed by atoms with Crippen LogP contribution in [0.2, 0.25) is 18.1 Å². The van der Waals surface area contributed by atoms with E-state index in [9.17, 15) is 18.0 Å². The largest absolute Gasteiger partial charge is 0.406 e. The fraction of sp³-hybridized carbons (Fsp3) is 0.400. The van der Waals surface area contributed by atoms with Gasteiger partial charge in [0.1, 0.15) is 12.2 Å². The number of benzene rings is 3. The van der Waals surface area contributed by atoms with Gasteiger partial charge in [0.15, 0.2) is 20.1 Å². The van der Waals surface area contributed by atoms with Gasteiger partial charge >= 0.3 is 5.69 Å². The maximum absolute atomic E-state index is 14.6. The first-order chi connectivity index (χ1) is 25.0. The SMILES string of the molecule is Cc1cn([C@@H]2O[C@H](COCc3ccccc3)C3(OS(=O)(=O)C(Cc4ccccc4)=C3NCc3ccccc3)[C@H]2O[Si](C)(C)C(C)(C)C)c(=O)n(C)c1=O. The van der Waals surface area contributed by atoms with E-state index >= 15 is 0 Å². The second-order valence-corrected chi connectivity index (χ2v) is 21.6. The van der Waals surface area contributed by atoms with E-state index in [1.165, 1.54) is 17.8 Å². The summed E-state index contributed by atoms with van der Waals surface area (Å²) in [5, 5.41) is 3.16. The summed E-state index contributed by atoms with van der Waals surface area (Å²) in [5.74, 6) is 0. The van der Waals surface area contributed by atoms with Crippen LogP contribution in [0.15, 0.2) is 117 Å². The van der Waals surface area contributed by atoms with Crippen molar-refractivity contribution in [1.82, 2.24) is 14.5 Å². The molecule has 1 unspecified atom stereocenters. The quantitative estimate of drug-likeness (QED) is 0.143. The minimum atomic E-state index is -4.43. The van der Waals surface area contributed by atoms with Gasteiger partial charge in [-0.3, -0.25) is 13.9 Å². The number of rotatable bonds is 12.